The highest BCUT2D eigenvalue weighted by atomic mass is 16.3. The summed E-state index contributed by atoms with van der Waals surface area (Å²) in [5.41, 5.74) is 1.15. The predicted octanol–water partition coefficient (Wildman–Crippen LogP) is 4.28. The van der Waals surface area contributed by atoms with E-state index in [1.54, 1.807) is 34.9 Å². The fraction of sp³-hybridized carbons (Fsp3) is 0.485. The van der Waals surface area contributed by atoms with Gasteiger partial charge >= 0.3 is 0 Å². The van der Waals surface area contributed by atoms with Gasteiger partial charge in [-0.1, -0.05) is 62.2 Å². The number of likely N-dealkylation sites (tertiary alicyclic amines) is 1. The van der Waals surface area contributed by atoms with Gasteiger partial charge in [0.15, 0.2) is 5.60 Å². The van der Waals surface area contributed by atoms with Crippen molar-refractivity contribution >= 4 is 29.1 Å². The van der Waals surface area contributed by atoms with Gasteiger partial charge in [-0.15, -0.1) is 0 Å². The largest absolute Gasteiger partial charge is 0.394 e. The first-order valence-corrected chi connectivity index (χ1v) is 14.9. The molecule has 0 unspecified atom stereocenters. The number of nitrogens with zero attached hydrogens (tertiary/aromatic N) is 3. The van der Waals surface area contributed by atoms with Gasteiger partial charge in [0, 0.05) is 43.1 Å². The van der Waals surface area contributed by atoms with Gasteiger partial charge in [0.25, 0.3) is 5.91 Å². The Kier molecular flexibility index (Phi) is 8.90. The van der Waals surface area contributed by atoms with Crippen LogP contribution in [0.25, 0.3) is 0 Å². The quantitative estimate of drug-likeness (QED) is 0.470. The Morgan fingerprint density at radius 2 is 1.85 bits per heavy atom. The molecule has 0 aromatic heterocycles. The molecule has 2 saturated heterocycles. The van der Waals surface area contributed by atoms with Crippen LogP contribution >= 0.6 is 0 Å². The summed E-state index contributed by atoms with van der Waals surface area (Å²) in [7, 11) is 0. The minimum absolute atomic E-state index is 0.0377. The fourth-order valence-corrected chi connectivity index (χ4v) is 6.48. The standard InChI is InChI=1S/C33H41N3O5/c1-24(11-8-18-31(39)35-20-10-14-27(35)23-37)33(41)28-15-5-6-16-29(28)36(32(33)40)22-25-12-9-13-26(21-25)34-19-7-3-2-4-17-30(34)38/h5-6,8-9,11-13,15-16,21,24,27,37,41H,2-4,7,10,14,17-20,22-23H2,1H3/b11-8+/t24-,27-,33+/m0/s1. The molecule has 0 aliphatic carbocycles. The topological polar surface area (TPSA) is 101 Å². The second-order valence-electron chi connectivity index (χ2n) is 11.5. The van der Waals surface area contributed by atoms with E-state index in [2.05, 4.69) is 0 Å². The molecule has 5 rings (SSSR count). The van der Waals surface area contributed by atoms with Crippen molar-refractivity contribution in [2.75, 3.05) is 29.5 Å². The van der Waals surface area contributed by atoms with E-state index in [0.717, 1.165) is 49.8 Å². The Balaban J connectivity index is 1.33. The molecule has 2 aromatic rings. The summed E-state index contributed by atoms with van der Waals surface area (Å²) in [5, 5.41) is 21.5. The van der Waals surface area contributed by atoms with Crippen molar-refractivity contribution in [2.24, 2.45) is 5.92 Å². The lowest BCUT2D eigenvalue weighted by Crippen LogP contribution is -2.44. The van der Waals surface area contributed by atoms with Crippen LogP contribution in [-0.4, -0.2) is 58.6 Å². The summed E-state index contributed by atoms with van der Waals surface area (Å²) >= 11 is 0. The van der Waals surface area contributed by atoms with Crippen LogP contribution < -0.4 is 9.80 Å². The van der Waals surface area contributed by atoms with Crippen LogP contribution in [-0.2, 0) is 26.5 Å². The number of aliphatic hydroxyl groups is 2. The van der Waals surface area contributed by atoms with Crippen molar-refractivity contribution in [3.63, 3.8) is 0 Å². The molecule has 8 nitrogen and oxygen atoms in total. The van der Waals surface area contributed by atoms with E-state index in [-0.39, 0.29) is 37.4 Å². The van der Waals surface area contributed by atoms with Gasteiger partial charge in [0.1, 0.15) is 0 Å². The number of rotatable bonds is 8. The van der Waals surface area contributed by atoms with Crippen molar-refractivity contribution in [3.8, 4) is 0 Å². The summed E-state index contributed by atoms with van der Waals surface area (Å²) < 4.78 is 0. The highest BCUT2D eigenvalue weighted by Gasteiger charge is 2.52. The molecular weight excluding hydrogens is 518 g/mol. The number of hydrogen-bond donors (Lipinski definition) is 2. The van der Waals surface area contributed by atoms with E-state index in [1.807, 2.05) is 47.4 Å². The van der Waals surface area contributed by atoms with Crippen molar-refractivity contribution in [2.45, 2.75) is 76.5 Å². The highest BCUT2D eigenvalue weighted by Crippen LogP contribution is 2.45. The molecule has 0 spiro atoms. The molecule has 218 valence electrons. The number of carbonyl (C=O) groups excluding carboxylic acids is 3. The van der Waals surface area contributed by atoms with Crippen LogP contribution in [0.4, 0.5) is 11.4 Å². The number of carbonyl (C=O) groups is 3. The monoisotopic (exact) mass is 559 g/mol. The van der Waals surface area contributed by atoms with E-state index in [1.165, 1.54) is 0 Å². The number of anilines is 2. The molecule has 0 saturated carbocycles. The smallest absolute Gasteiger partial charge is 0.264 e. The molecule has 0 bridgehead atoms. The molecule has 0 radical (unpaired) electrons. The third kappa shape index (κ3) is 5.81. The number of benzene rings is 2. The van der Waals surface area contributed by atoms with Crippen LogP contribution in [0.5, 0.6) is 0 Å². The van der Waals surface area contributed by atoms with E-state index in [0.29, 0.717) is 30.8 Å². The minimum Gasteiger partial charge on any atom is -0.394 e. The molecular formula is C33H41N3O5. The highest BCUT2D eigenvalue weighted by molar-refractivity contribution is 6.07. The number of para-hydroxylation sites is 1. The zero-order chi connectivity index (χ0) is 29.0. The Morgan fingerprint density at radius 3 is 2.68 bits per heavy atom. The fourth-order valence-electron chi connectivity index (χ4n) is 6.48. The third-order valence-corrected chi connectivity index (χ3v) is 8.85. The summed E-state index contributed by atoms with van der Waals surface area (Å²) in [6.45, 7) is 3.35. The Labute approximate surface area is 242 Å². The molecule has 3 heterocycles. The zero-order valence-electron chi connectivity index (χ0n) is 23.9. The van der Waals surface area contributed by atoms with E-state index >= 15 is 0 Å². The van der Waals surface area contributed by atoms with Crippen molar-refractivity contribution in [3.05, 3.63) is 71.8 Å². The van der Waals surface area contributed by atoms with E-state index < -0.39 is 17.4 Å². The lowest BCUT2D eigenvalue weighted by Gasteiger charge is -2.28. The first-order valence-electron chi connectivity index (χ1n) is 14.9. The first kappa shape index (κ1) is 29.0. The molecule has 2 fully saturated rings. The normalized spacial score (nSPS) is 24.1. The molecule has 2 aromatic carbocycles. The molecule has 3 aliphatic heterocycles. The molecule has 3 atom stereocenters. The van der Waals surface area contributed by atoms with Gasteiger partial charge in [-0.3, -0.25) is 14.4 Å². The summed E-state index contributed by atoms with van der Waals surface area (Å²) in [6, 6.07) is 14.9. The molecule has 3 amide bonds. The summed E-state index contributed by atoms with van der Waals surface area (Å²) in [4.78, 5) is 44.6. The minimum atomic E-state index is -1.77. The number of hydrogen-bond acceptors (Lipinski definition) is 5. The zero-order valence-corrected chi connectivity index (χ0v) is 23.9. The lowest BCUT2D eigenvalue weighted by molar-refractivity contribution is -0.139. The van der Waals surface area contributed by atoms with Crippen LogP contribution in [0.3, 0.4) is 0 Å². The Bertz CT molecular complexity index is 1310. The molecule has 8 heteroatoms. The molecule has 41 heavy (non-hydrogen) atoms. The van der Waals surface area contributed by atoms with E-state index in [9.17, 15) is 24.6 Å². The van der Waals surface area contributed by atoms with Gasteiger partial charge < -0.3 is 24.9 Å². The number of aliphatic hydroxyl groups excluding tert-OH is 1. The second-order valence-corrected chi connectivity index (χ2v) is 11.5. The van der Waals surface area contributed by atoms with E-state index in [4.69, 9.17) is 0 Å². The molecule has 2 N–H and O–H groups in total. The Morgan fingerprint density at radius 1 is 1.05 bits per heavy atom. The van der Waals surface area contributed by atoms with Crippen LogP contribution in [0.2, 0.25) is 0 Å². The van der Waals surface area contributed by atoms with Gasteiger partial charge in [-0.05, 0) is 49.4 Å². The van der Waals surface area contributed by atoms with Crippen molar-refractivity contribution in [1.29, 1.82) is 0 Å². The number of fused-ring (bicyclic) bond motifs is 1. The van der Waals surface area contributed by atoms with Gasteiger partial charge in [0.05, 0.1) is 24.9 Å². The first-order chi connectivity index (χ1) is 19.8. The van der Waals surface area contributed by atoms with Crippen LogP contribution in [0.15, 0.2) is 60.7 Å². The average Bonchev–Trinajstić information content (AvgIpc) is 3.54. The van der Waals surface area contributed by atoms with Gasteiger partial charge in [-0.2, -0.15) is 0 Å². The number of amides is 3. The summed E-state index contributed by atoms with van der Waals surface area (Å²) in [5.74, 6) is -0.911. The average molecular weight is 560 g/mol. The van der Waals surface area contributed by atoms with Crippen LogP contribution in [0, 0.1) is 5.92 Å². The maximum Gasteiger partial charge on any atom is 0.264 e. The Hall–Kier alpha value is -3.49. The maximum absolute atomic E-state index is 13.9. The third-order valence-electron chi connectivity index (χ3n) is 8.85. The van der Waals surface area contributed by atoms with Crippen molar-refractivity contribution < 1.29 is 24.6 Å². The van der Waals surface area contributed by atoms with Gasteiger partial charge in [0.2, 0.25) is 11.8 Å². The predicted molar refractivity (Wildman–Crippen MR) is 158 cm³/mol. The van der Waals surface area contributed by atoms with Crippen molar-refractivity contribution in [1.82, 2.24) is 4.90 Å². The molecule has 3 aliphatic rings. The van der Waals surface area contributed by atoms with Gasteiger partial charge in [-0.25, -0.2) is 0 Å². The SMILES string of the molecule is C[C@@H](/C=C/CC(=O)N1CCC[C@H]1CO)[C@]1(O)C(=O)N(Cc2cccc(N3CCCCCCC3=O)c2)c2ccccc21. The second kappa shape index (κ2) is 12.6. The summed E-state index contributed by atoms with van der Waals surface area (Å²) in [6.07, 6.45) is 9.94. The van der Waals surface area contributed by atoms with Crippen LogP contribution in [0.1, 0.15) is 69.4 Å². The maximum atomic E-state index is 13.9. The lowest BCUT2D eigenvalue weighted by atomic mass is 9.83.